The zero-order valence-corrected chi connectivity index (χ0v) is 23.6. The van der Waals surface area contributed by atoms with Crippen molar-refractivity contribution in [3.05, 3.63) is 87.6 Å². The molecule has 0 radical (unpaired) electrons. The lowest BCUT2D eigenvalue weighted by Gasteiger charge is -2.35. The second kappa shape index (κ2) is 11.2. The molecule has 43 heavy (non-hydrogen) atoms. The number of halogens is 4. The Labute approximate surface area is 244 Å². The standard InChI is InChI=1S/C31H30F4N4O4/c1-17-3-5-19(6-4-17)16-43-29-23(31(33,34)35)13-20-9-11-38(18(2)27(20)37-29)15-25-36-24-8-7-22(30(40)41)26(32)28(24)39(25)14-21-10-12-42-21/h3-8,13,18,21H,9-12,14-16H2,1-2H3,(H,40,41)/t18-,21-/m0/s1. The number of aromatic carboxylic acids is 1. The first-order chi connectivity index (χ1) is 20.5. The van der Waals surface area contributed by atoms with Crippen LogP contribution in [0, 0.1) is 12.7 Å². The Kier molecular flexibility index (Phi) is 7.59. The normalized spacial score (nSPS) is 18.8. The summed E-state index contributed by atoms with van der Waals surface area (Å²) in [5, 5.41) is 9.47. The topological polar surface area (TPSA) is 89.7 Å². The Morgan fingerprint density at radius 1 is 1.16 bits per heavy atom. The van der Waals surface area contributed by atoms with Crippen molar-refractivity contribution in [2.45, 2.75) is 64.7 Å². The van der Waals surface area contributed by atoms with E-state index < -0.39 is 41.0 Å². The summed E-state index contributed by atoms with van der Waals surface area (Å²) in [4.78, 5) is 22.7. The summed E-state index contributed by atoms with van der Waals surface area (Å²) in [5.74, 6) is -2.21. The zero-order valence-electron chi connectivity index (χ0n) is 23.6. The first-order valence-corrected chi connectivity index (χ1v) is 14.1. The van der Waals surface area contributed by atoms with Gasteiger partial charge in [-0.3, -0.25) is 4.90 Å². The number of pyridine rings is 1. The number of fused-ring (bicyclic) bond motifs is 2. The van der Waals surface area contributed by atoms with Crippen LogP contribution in [-0.2, 0) is 37.0 Å². The lowest BCUT2D eigenvalue weighted by molar-refractivity contribution is -0.139. The predicted molar refractivity (Wildman–Crippen MR) is 148 cm³/mol. The van der Waals surface area contributed by atoms with Crippen molar-refractivity contribution in [2.24, 2.45) is 0 Å². The molecule has 0 unspecified atom stereocenters. The Morgan fingerprint density at radius 3 is 2.56 bits per heavy atom. The number of carboxylic acids is 1. The Bertz CT molecular complexity index is 1680. The van der Waals surface area contributed by atoms with E-state index in [-0.39, 0.29) is 24.8 Å². The van der Waals surface area contributed by atoms with Gasteiger partial charge >= 0.3 is 12.1 Å². The van der Waals surface area contributed by atoms with Gasteiger partial charge in [0.05, 0.1) is 42.0 Å². The molecular formula is C31H30F4N4O4. The van der Waals surface area contributed by atoms with E-state index in [9.17, 15) is 23.1 Å². The number of ether oxygens (including phenoxy) is 2. The van der Waals surface area contributed by atoms with Crippen LogP contribution < -0.4 is 4.74 Å². The number of carbonyl (C=O) groups is 1. The van der Waals surface area contributed by atoms with Crippen molar-refractivity contribution in [1.82, 2.24) is 19.4 Å². The van der Waals surface area contributed by atoms with Crippen LogP contribution in [-0.4, -0.2) is 49.8 Å². The number of carboxylic acid groups (broad SMARTS) is 1. The van der Waals surface area contributed by atoms with Gasteiger partial charge in [0.25, 0.3) is 0 Å². The molecule has 2 aromatic heterocycles. The van der Waals surface area contributed by atoms with Crippen molar-refractivity contribution >= 4 is 17.0 Å². The molecule has 4 aromatic rings. The molecule has 8 nitrogen and oxygen atoms in total. The summed E-state index contributed by atoms with van der Waals surface area (Å²) in [6.45, 7) is 5.26. The van der Waals surface area contributed by atoms with Gasteiger partial charge in [0, 0.05) is 13.2 Å². The molecule has 4 heterocycles. The smallest absolute Gasteiger partial charge is 0.421 e. The Morgan fingerprint density at radius 2 is 1.91 bits per heavy atom. The van der Waals surface area contributed by atoms with Crippen LogP contribution >= 0.6 is 0 Å². The van der Waals surface area contributed by atoms with Crippen LogP contribution in [0.5, 0.6) is 5.88 Å². The quantitative estimate of drug-likeness (QED) is 0.246. The minimum Gasteiger partial charge on any atom is -0.478 e. The molecule has 6 rings (SSSR count). The number of aromatic nitrogens is 3. The summed E-state index contributed by atoms with van der Waals surface area (Å²) in [6, 6.07) is 10.7. The zero-order chi connectivity index (χ0) is 30.5. The van der Waals surface area contributed by atoms with Crippen molar-refractivity contribution in [3.63, 3.8) is 0 Å². The summed E-state index contributed by atoms with van der Waals surface area (Å²) in [5.41, 5.74) is 1.77. The van der Waals surface area contributed by atoms with Crippen LogP contribution in [0.1, 0.15) is 63.5 Å². The summed E-state index contributed by atoms with van der Waals surface area (Å²) in [6.07, 6.45) is -3.70. The van der Waals surface area contributed by atoms with E-state index in [1.165, 1.54) is 12.1 Å². The van der Waals surface area contributed by atoms with E-state index in [2.05, 4.69) is 9.97 Å². The molecule has 1 fully saturated rings. The van der Waals surface area contributed by atoms with Crippen LogP contribution in [0.15, 0.2) is 42.5 Å². The number of benzene rings is 2. The minimum atomic E-state index is -4.64. The van der Waals surface area contributed by atoms with Crippen molar-refractivity contribution in [1.29, 1.82) is 0 Å². The third kappa shape index (κ3) is 5.68. The van der Waals surface area contributed by atoms with E-state index in [0.29, 0.717) is 48.7 Å². The first-order valence-electron chi connectivity index (χ1n) is 14.1. The highest BCUT2D eigenvalue weighted by Crippen LogP contribution is 2.40. The summed E-state index contributed by atoms with van der Waals surface area (Å²) >= 11 is 0. The molecule has 0 aliphatic carbocycles. The van der Waals surface area contributed by atoms with Gasteiger partial charge in [0.15, 0.2) is 5.82 Å². The van der Waals surface area contributed by atoms with E-state index in [1.807, 2.05) is 30.9 Å². The molecule has 2 aliphatic rings. The SMILES string of the molecule is Cc1ccc(COc2nc3c(cc2C(F)(F)F)CCN(Cc2nc4ccc(C(=O)O)c(F)c4n2C[C@@H]2CCO2)[C@H]3C)cc1. The fourth-order valence-electron chi connectivity index (χ4n) is 5.64. The number of hydrogen-bond acceptors (Lipinski definition) is 6. The van der Waals surface area contributed by atoms with E-state index in [4.69, 9.17) is 9.47 Å². The molecule has 0 spiro atoms. The molecule has 0 amide bonds. The molecule has 2 aromatic carbocycles. The van der Waals surface area contributed by atoms with Gasteiger partial charge < -0.3 is 19.1 Å². The van der Waals surface area contributed by atoms with Crippen molar-refractivity contribution in [2.75, 3.05) is 13.2 Å². The molecule has 0 bridgehead atoms. The third-order valence-corrected chi connectivity index (χ3v) is 8.19. The molecule has 0 saturated carbocycles. The van der Waals surface area contributed by atoms with Gasteiger partial charge in [-0.25, -0.2) is 19.2 Å². The number of aryl methyl sites for hydroxylation is 1. The second-order valence-electron chi connectivity index (χ2n) is 11.1. The highest BCUT2D eigenvalue weighted by molar-refractivity contribution is 5.93. The Hall–Kier alpha value is -4.03. The van der Waals surface area contributed by atoms with E-state index >= 15 is 4.39 Å². The fourth-order valence-corrected chi connectivity index (χ4v) is 5.64. The lowest BCUT2D eigenvalue weighted by Crippen LogP contribution is -2.36. The van der Waals surface area contributed by atoms with Crippen molar-refractivity contribution < 1.29 is 36.9 Å². The number of nitrogens with zero attached hydrogens (tertiary/aromatic N) is 4. The van der Waals surface area contributed by atoms with Gasteiger partial charge in [-0.15, -0.1) is 0 Å². The average Bonchev–Trinajstić information content (AvgIpc) is 3.28. The number of rotatable bonds is 8. The molecular weight excluding hydrogens is 568 g/mol. The largest absolute Gasteiger partial charge is 0.478 e. The summed E-state index contributed by atoms with van der Waals surface area (Å²) in [7, 11) is 0. The molecule has 12 heteroatoms. The highest BCUT2D eigenvalue weighted by atomic mass is 19.4. The average molecular weight is 599 g/mol. The van der Waals surface area contributed by atoms with Gasteiger partial charge in [0.2, 0.25) is 5.88 Å². The predicted octanol–water partition coefficient (Wildman–Crippen LogP) is 6.08. The summed E-state index contributed by atoms with van der Waals surface area (Å²) < 4.78 is 70.4. The maximum absolute atomic E-state index is 15.4. The number of hydrogen-bond donors (Lipinski definition) is 1. The van der Waals surface area contributed by atoms with E-state index in [1.54, 1.807) is 16.7 Å². The van der Waals surface area contributed by atoms with E-state index in [0.717, 1.165) is 23.6 Å². The molecule has 1 saturated heterocycles. The maximum atomic E-state index is 15.4. The van der Waals surface area contributed by atoms with Crippen LogP contribution in [0.2, 0.25) is 0 Å². The Balaban J connectivity index is 1.32. The van der Waals surface area contributed by atoms with Crippen LogP contribution in [0.4, 0.5) is 17.6 Å². The monoisotopic (exact) mass is 598 g/mol. The first kappa shape index (κ1) is 29.1. The van der Waals surface area contributed by atoms with Gasteiger partial charge in [-0.05, 0) is 56.0 Å². The number of imidazole rings is 1. The number of alkyl halides is 3. The molecule has 1 N–H and O–H groups in total. The minimum absolute atomic E-state index is 0.0651. The molecule has 226 valence electrons. The van der Waals surface area contributed by atoms with Crippen molar-refractivity contribution in [3.8, 4) is 5.88 Å². The molecule has 2 aliphatic heterocycles. The second-order valence-corrected chi connectivity index (χ2v) is 11.1. The lowest BCUT2D eigenvalue weighted by atomic mass is 9.97. The third-order valence-electron chi connectivity index (χ3n) is 8.19. The van der Waals surface area contributed by atoms with Gasteiger partial charge in [-0.2, -0.15) is 13.2 Å². The highest BCUT2D eigenvalue weighted by Gasteiger charge is 2.38. The molecule has 2 atom stereocenters. The van der Waals surface area contributed by atoms with Gasteiger partial charge in [0.1, 0.15) is 23.5 Å². The maximum Gasteiger partial charge on any atom is 0.421 e. The van der Waals surface area contributed by atoms with Crippen LogP contribution in [0.3, 0.4) is 0 Å². The fraction of sp³-hybridized carbons (Fsp3) is 0.387. The van der Waals surface area contributed by atoms with Crippen LogP contribution in [0.25, 0.3) is 11.0 Å². The van der Waals surface area contributed by atoms with Gasteiger partial charge in [-0.1, -0.05) is 29.8 Å².